The number of rotatable bonds is 4. The lowest BCUT2D eigenvalue weighted by Crippen LogP contribution is -2.29. The van der Waals surface area contributed by atoms with Crippen molar-refractivity contribution in [1.82, 2.24) is 15.1 Å². The van der Waals surface area contributed by atoms with Gasteiger partial charge in [-0.3, -0.25) is 4.68 Å². The fraction of sp³-hybridized carbons (Fsp3) is 0.412. The van der Waals surface area contributed by atoms with E-state index in [0.717, 1.165) is 5.69 Å². The molecular weight excluding hydrogens is 384 g/mol. The van der Waals surface area contributed by atoms with Crippen LogP contribution in [0.25, 0.3) is 0 Å². The molecule has 0 aliphatic carbocycles. The van der Waals surface area contributed by atoms with Crippen molar-refractivity contribution in [3.8, 4) is 0 Å². The third kappa shape index (κ3) is 4.54. The summed E-state index contributed by atoms with van der Waals surface area (Å²) in [5, 5.41) is 16.6. The Morgan fingerprint density at radius 2 is 2.27 bits per heavy atom. The summed E-state index contributed by atoms with van der Waals surface area (Å²) >= 11 is 5.77. The first-order valence-corrected chi connectivity index (χ1v) is 8.38. The van der Waals surface area contributed by atoms with E-state index in [1.807, 2.05) is 0 Å². The van der Waals surface area contributed by atoms with Crippen molar-refractivity contribution in [2.24, 2.45) is 5.92 Å². The van der Waals surface area contributed by atoms with Crippen LogP contribution in [0, 0.1) is 18.7 Å². The summed E-state index contributed by atoms with van der Waals surface area (Å²) in [5.41, 5.74) is 1.47. The van der Waals surface area contributed by atoms with E-state index in [1.165, 1.54) is 18.2 Å². The summed E-state index contributed by atoms with van der Waals surface area (Å²) in [4.78, 5) is 11.1. The Kier molecular flexibility index (Phi) is 7.00. The molecule has 26 heavy (non-hydrogen) atoms. The number of carboxylic acids is 1. The number of nitrogens with one attached hydrogen (secondary N) is 1. The van der Waals surface area contributed by atoms with Crippen molar-refractivity contribution in [2.75, 3.05) is 19.7 Å². The molecule has 0 unspecified atom stereocenters. The molecule has 2 atom stereocenters. The topological polar surface area (TPSA) is 76.4 Å². The van der Waals surface area contributed by atoms with E-state index in [-0.39, 0.29) is 35.1 Å². The fourth-order valence-corrected chi connectivity index (χ4v) is 3.15. The molecule has 9 heteroatoms. The molecular formula is C17H20Cl2FN3O3. The van der Waals surface area contributed by atoms with E-state index < -0.39 is 11.8 Å². The van der Waals surface area contributed by atoms with Gasteiger partial charge in [-0.05, 0) is 30.7 Å². The maximum Gasteiger partial charge on any atom is 0.356 e. The average Bonchev–Trinajstić information content (AvgIpc) is 2.79. The number of hydrogen-bond acceptors (Lipinski definition) is 4. The van der Waals surface area contributed by atoms with Crippen LogP contribution < -0.4 is 5.32 Å². The highest BCUT2D eigenvalue weighted by Crippen LogP contribution is 2.31. The maximum atomic E-state index is 13.9. The molecule has 1 aliphatic rings. The predicted octanol–water partition coefficient (Wildman–Crippen LogP) is 3.08. The van der Waals surface area contributed by atoms with Crippen molar-refractivity contribution in [1.29, 1.82) is 0 Å². The lowest BCUT2D eigenvalue weighted by atomic mass is 9.95. The van der Waals surface area contributed by atoms with Gasteiger partial charge in [0.05, 0.1) is 17.7 Å². The van der Waals surface area contributed by atoms with Crippen LogP contribution in [0.5, 0.6) is 0 Å². The molecule has 0 amide bonds. The van der Waals surface area contributed by atoms with E-state index in [4.69, 9.17) is 21.4 Å². The van der Waals surface area contributed by atoms with Crippen molar-refractivity contribution >= 4 is 30.0 Å². The number of aryl methyl sites for hydroxylation is 1. The molecule has 3 rings (SSSR count). The summed E-state index contributed by atoms with van der Waals surface area (Å²) in [7, 11) is 0. The van der Waals surface area contributed by atoms with Crippen LogP contribution in [0.1, 0.15) is 27.8 Å². The standard InChI is InChI=1S/C17H19ClFN3O3.ClH/c1-10-6-15(17(23)24)21-22(10)9-12-8-20-4-5-25-16(12)11-2-3-13(18)14(19)7-11;/h2-3,6-7,12,16,20H,4-5,8-9H2,1H3,(H,23,24);1H/t12-,16-;/m0./s1. The van der Waals surface area contributed by atoms with E-state index in [9.17, 15) is 9.18 Å². The number of ether oxygens (including phenoxy) is 1. The molecule has 1 aromatic carbocycles. The van der Waals surface area contributed by atoms with Crippen molar-refractivity contribution in [2.45, 2.75) is 19.6 Å². The van der Waals surface area contributed by atoms with E-state index in [0.29, 0.717) is 31.8 Å². The zero-order valence-electron chi connectivity index (χ0n) is 14.1. The quantitative estimate of drug-likeness (QED) is 0.819. The number of aromatic nitrogens is 2. The third-order valence-corrected chi connectivity index (χ3v) is 4.60. The minimum absolute atomic E-state index is 0. The molecule has 2 heterocycles. The molecule has 2 aromatic rings. The van der Waals surface area contributed by atoms with E-state index >= 15 is 0 Å². The van der Waals surface area contributed by atoms with Crippen molar-refractivity contribution < 1.29 is 19.0 Å². The molecule has 0 saturated carbocycles. The monoisotopic (exact) mass is 403 g/mol. The molecule has 1 aliphatic heterocycles. The molecule has 0 bridgehead atoms. The van der Waals surface area contributed by atoms with Crippen LogP contribution in [0.4, 0.5) is 4.39 Å². The Morgan fingerprint density at radius 1 is 1.50 bits per heavy atom. The van der Waals surface area contributed by atoms with Crippen molar-refractivity contribution in [3.63, 3.8) is 0 Å². The van der Waals surface area contributed by atoms with Gasteiger partial charge in [0.15, 0.2) is 5.69 Å². The van der Waals surface area contributed by atoms with Crippen molar-refractivity contribution in [3.05, 3.63) is 52.1 Å². The second-order valence-electron chi connectivity index (χ2n) is 6.09. The molecule has 0 radical (unpaired) electrons. The molecule has 142 valence electrons. The Hall–Kier alpha value is -1.67. The highest BCUT2D eigenvalue weighted by molar-refractivity contribution is 6.30. The summed E-state index contributed by atoms with van der Waals surface area (Å²) in [5.74, 6) is -1.58. The number of benzene rings is 1. The van der Waals surface area contributed by atoms with Gasteiger partial charge in [0.1, 0.15) is 5.82 Å². The van der Waals surface area contributed by atoms with Crippen LogP contribution in [0.2, 0.25) is 5.02 Å². The van der Waals surface area contributed by atoms with Crippen LogP contribution in [0.15, 0.2) is 24.3 Å². The highest BCUT2D eigenvalue weighted by Gasteiger charge is 2.28. The Morgan fingerprint density at radius 3 is 2.92 bits per heavy atom. The van der Waals surface area contributed by atoms with Crippen LogP contribution >= 0.6 is 24.0 Å². The molecule has 1 aromatic heterocycles. The van der Waals surface area contributed by atoms with Gasteiger partial charge < -0.3 is 15.2 Å². The van der Waals surface area contributed by atoms with E-state index in [1.54, 1.807) is 17.7 Å². The minimum Gasteiger partial charge on any atom is -0.476 e. The first kappa shape index (κ1) is 20.6. The smallest absolute Gasteiger partial charge is 0.356 e. The highest BCUT2D eigenvalue weighted by atomic mass is 35.5. The normalized spacial score (nSPS) is 20.3. The molecule has 1 saturated heterocycles. The molecule has 2 N–H and O–H groups in total. The largest absolute Gasteiger partial charge is 0.476 e. The van der Waals surface area contributed by atoms with Gasteiger partial charge >= 0.3 is 5.97 Å². The Bertz CT molecular complexity index is 785. The van der Waals surface area contributed by atoms with Crippen LogP contribution in [0.3, 0.4) is 0 Å². The molecule has 0 spiro atoms. The van der Waals surface area contributed by atoms with Gasteiger partial charge in [0.2, 0.25) is 0 Å². The predicted molar refractivity (Wildman–Crippen MR) is 97.6 cm³/mol. The van der Waals surface area contributed by atoms with Gasteiger partial charge in [-0.1, -0.05) is 17.7 Å². The average molecular weight is 404 g/mol. The van der Waals surface area contributed by atoms with Crippen LogP contribution in [-0.4, -0.2) is 40.6 Å². The zero-order chi connectivity index (χ0) is 18.0. The van der Waals surface area contributed by atoms with Gasteiger partial charge in [0.25, 0.3) is 0 Å². The lowest BCUT2D eigenvalue weighted by molar-refractivity contribution is 0.0238. The number of carbonyl (C=O) groups is 1. The molecule has 1 fully saturated rings. The van der Waals surface area contributed by atoms with Crippen LogP contribution in [-0.2, 0) is 11.3 Å². The maximum absolute atomic E-state index is 13.9. The van der Waals surface area contributed by atoms with Gasteiger partial charge in [-0.15, -0.1) is 12.4 Å². The SMILES string of the molecule is Cc1cc(C(=O)O)nn1C[C@@H]1CNCCO[C@H]1c1ccc(Cl)c(F)c1.Cl. The van der Waals surface area contributed by atoms with Gasteiger partial charge in [-0.2, -0.15) is 5.10 Å². The minimum atomic E-state index is -1.06. The van der Waals surface area contributed by atoms with Gasteiger partial charge in [-0.25, -0.2) is 9.18 Å². The number of hydrogen-bond donors (Lipinski definition) is 2. The van der Waals surface area contributed by atoms with Gasteiger partial charge in [0, 0.05) is 31.2 Å². The first-order valence-electron chi connectivity index (χ1n) is 8.00. The zero-order valence-corrected chi connectivity index (χ0v) is 15.7. The Labute approximate surface area is 161 Å². The summed E-state index contributed by atoms with van der Waals surface area (Å²) in [6.07, 6.45) is -0.335. The lowest BCUT2D eigenvalue weighted by Gasteiger charge is -2.25. The van der Waals surface area contributed by atoms with E-state index in [2.05, 4.69) is 10.4 Å². The second kappa shape index (κ2) is 8.81. The summed E-state index contributed by atoms with van der Waals surface area (Å²) in [6, 6.07) is 6.20. The number of halogens is 3. The second-order valence-corrected chi connectivity index (χ2v) is 6.49. The molecule has 6 nitrogen and oxygen atoms in total. The number of aromatic carboxylic acids is 1. The fourth-order valence-electron chi connectivity index (χ4n) is 3.03. The third-order valence-electron chi connectivity index (χ3n) is 4.29. The number of carboxylic acid groups (broad SMARTS) is 1. The number of nitrogens with zero attached hydrogens (tertiary/aromatic N) is 2. The Balaban J connectivity index is 0.00000243. The summed E-state index contributed by atoms with van der Waals surface area (Å²) in [6.45, 7) is 4.12. The first-order chi connectivity index (χ1) is 12.0. The summed E-state index contributed by atoms with van der Waals surface area (Å²) < 4.78 is 21.4.